The molecule has 0 saturated carbocycles. The van der Waals surface area contributed by atoms with Crippen molar-refractivity contribution in [3.8, 4) is 0 Å². The molecule has 1 aromatic heterocycles. The van der Waals surface area contributed by atoms with Crippen molar-refractivity contribution in [3.05, 3.63) is 24.0 Å². The third-order valence-electron chi connectivity index (χ3n) is 2.59. The molecule has 1 atom stereocenters. The molecule has 0 amide bonds. The highest BCUT2D eigenvalue weighted by molar-refractivity contribution is 5.48. The summed E-state index contributed by atoms with van der Waals surface area (Å²) >= 11 is 0. The Balaban J connectivity index is 2.57. The molecule has 96 valence electrons. The summed E-state index contributed by atoms with van der Waals surface area (Å²) in [5.41, 5.74) is 2.31. The van der Waals surface area contributed by atoms with E-state index in [-0.39, 0.29) is 6.10 Å². The Morgan fingerprint density at radius 2 is 2.12 bits per heavy atom. The Morgan fingerprint density at radius 3 is 2.76 bits per heavy atom. The molecule has 0 radical (unpaired) electrons. The highest BCUT2D eigenvalue weighted by Gasteiger charge is 2.04. The number of rotatable bonds is 7. The van der Waals surface area contributed by atoms with Crippen LogP contribution in [0.3, 0.4) is 0 Å². The molecule has 0 spiro atoms. The summed E-state index contributed by atoms with van der Waals surface area (Å²) in [7, 11) is 1.72. The number of aromatic nitrogens is 1. The van der Waals surface area contributed by atoms with Gasteiger partial charge in [0.2, 0.25) is 0 Å². The van der Waals surface area contributed by atoms with Crippen LogP contribution in [0.15, 0.2) is 18.5 Å². The zero-order chi connectivity index (χ0) is 12.7. The molecule has 0 aliphatic carbocycles. The van der Waals surface area contributed by atoms with Crippen LogP contribution in [0.5, 0.6) is 0 Å². The van der Waals surface area contributed by atoms with Gasteiger partial charge in [-0.3, -0.25) is 4.98 Å². The third kappa shape index (κ3) is 5.15. The SMILES string of the molecule is COC(C)CNc1cnccc1CNC(C)C. The number of nitrogens with zero attached hydrogens (tertiary/aromatic N) is 1. The zero-order valence-corrected chi connectivity index (χ0v) is 11.2. The second-order valence-corrected chi connectivity index (χ2v) is 4.50. The van der Waals surface area contributed by atoms with E-state index in [4.69, 9.17) is 4.74 Å². The van der Waals surface area contributed by atoms with E-state index in [0.29, 0.717) is 6.04 Å². The molecule has 0 aliphatic heterocycles. The standard InChI is InChI=1S/C13H23N3O/c1-10(2)15-8-12-5-6-14-9-13(12)16-7-11(3)17-4/h5-6,9-11,15-16H,7-8H2,1-4H3. The van der Waals surface area contributed by atoms with Crippen LogP contribution in [0.1, 0.15) is 26.3 Å². The molecule has 0 bridgehead atoms. The molecular weight excluding hydrogens is 214 g/mol. The highest BCUT2D eigenvalue weighted by Crippen LogP contribution is 2.13. The van der Waals surface area contributed by atoms with Crippen LogP contribution in [0, 0.1) is 0 Å². The van der Waals surface area contributed by atoms with Crippen molar-refractivity contribution in [2.75, 3.05) is 19.0 Å². The predicted molar refractivity (Wildman–Crippen MR) is 71.2 cm³/mol. The van der Waals surface area contributed by atoms with Gasteiger partial charge < -0.3 is 15.4 Å². The Hall–Kier alpha value is -1.13. The number of ether oxygens (including phenoxy) is 1. The predicted octanol–water partition coefficient (Wildman–Crippen LogP) is 2.03. The van der Waals surface area contributed by atoms with Crippen LogP contribution in [0.4, 0.5) is 5.69 Å². The molecule has 0 saturated heterocycles. The van der Waals surface area contributed by atoms with Crippen LogP contribution >= 0.6 is 0 Å². The Kier molecular flexibility index (Phi) is 5.94. The number of hydrogen-bond donors (Lipinski definition) is 2. The zero-order valence-electron chi connectivity index (χ0n) is 11.2. The molecule has 1 heterocycles. The first-order valence-electron chi connectivity index (χ1n) is 6.06. The van der Waals surface area contributed by atoms with Gasteiger partial charge in [0, 0.05) is 32.4 Å². The van der Waals surface area contributed by atoms with Crippen molar-refractivity contribution in [1.29, 1.82) is 0 Å². The lowest BCUT2D eigenvalue weighted by molar-refractivity contribution is 0.129. The summed E-state index contributed by atoms with van der Waals surface area (Å²) < 4.78 is 5.21. The van der Waals surface area contributed by atoms with Crippen molar-refractivity contribution in [2.45, 2.75) is 39.5 Å². The van der Waals surface area contributed by atoms with Gasteiger partial charge in [-0.1, -0.05) is 13.8 Å². The molecule has 1 unspecified atom stereocenters. The number of anilines is 1. The van der Waals surface area contributed by atoms with Crippen LogP contribution in [0.2, 0.25) is 0 Å². The maximum Gasteiger partial charge on any atom is 0.0715 e. The van der Waals surface area contributed by atoms with Crippen molar-refractivity contribution >= 4 is 5.69 Å². The van der Waals surface area contributed by atoms with Crippen LogP contribution in [-0.2, 0) is 11.3 Å². The quantitative estimate of drug-likeness (QED) is 0.761. The minimum absolute atomic E-state index is 0.195. The normalized spacial score (nSPS) is 12.8. The maximum atomic E-state index is 5.21. The number of hydrogen-bond acceptors (Lipinski definition) is 4. The topological polar surface area (TPSA) is 46.2 Å². The Morgan fingerprint density at radius 1 is 1.35 bits per heavy atom. The minimum Gasteiger partial charge on any atom is -0.381 e. The van der Waals surface area contributed by atoms with Gasteiger partial charge in [-0.25, -0.2) is 0 Å². The van der Waals surface area contributed by atoms with E-state index in [9.17, 15) is 0 Å². The average Bonchev–Trinajstić information content (AvgIpc) is 2.34. The largest absolute Gasteiger partial charge is 0.381 e. The van der Waals surface area contributed by atoms with Gasteiger partial charge in [0.15, 0.2) is 0 Å². The number of pyridine rings is 1. The van der Waals surface area contributed by atoms with Gasteiger partial charge in [0.05, 0.1) is 18.0 Å². The summed E-state index contributed by atoms with van der Waals surface area (Å²) in [5, 5.41) is 6.76. The van der Waals surface area contributed by atoms with E-state index in [1.807, 2.05) is 25.4 Å². The fourth-order valence-corrected chi connectivity index (χ4v) is 1.39. The summed E-state index contributed by atoms with van der Waals surface area (Å²) in [6, 6.07) is 2.52. The molecule has 1 aromatic rings. The second kappa shape index (κ2) is 7.25. The Bertz CT molecular complexity index is 328. The first-order valence-corrected chi connectivity index (χ1v) is 6.06. The van der Waals surface area contributed by atoms with E-state index in [2.05, 4.69) is 29.5 Å². The third-order valence-corrected chi connectivity index (χ3v) is 2.59. The summed E-state index contributed by atoms with van der Waals surface area (Å²) in [4.78, 5) is 4.15. The van der Waals surface area contributed by atoms with E-state index in [1.165, 1.54) is 5.56 Å². The molecule has 1 rings (SSSR count). The first-order chi connectivity index (χ1) is 8.13. The summed E-state index contributed by atoms with van der Waals surface area (Å²) in [6.07, 6.45) is 3.88. The number of nitrogens with one attached hydrogen (secondary N) is 2. The summed E-state index contributed by atoms with van der Waals surface area (Å²) in [6.45, 7) is 7.96. The van der Waals surface area contributed by atoms with E-state index in [0.717, 1.165) is 18.8 Å². The molecule has 0 aliphatic rings. The summed E-state index contributed by atoms with van der Waals surface area (Å²) in [5.74, 6) is 0. The molecule has 4 nitrogen and oxygen atoms in total. The van der Waals surface area contributed by atoms with Crippen molar-refractivity contribution in [2.24, 2.45) is 0 Å². The number of methoxy groups -OCH3 is 1. The molecule has 0 fully saturated rings. The lowest BCUT2D eigenvalue weighted by atomic mass is 10.2. The molecular formula is C13H23N3O. The van der Waals surface area contributed by atoms with Gasteiger partial charge in [-0.05, 0) is 18.6 Å². The van der Waals surface area contributed by atoms with Crippen molar-refractivity contribution in [1.82, 2.24) is 10.3 Å². The van der Waals surface area contributed by atoms with Gasteiger partial charge in [-0.15, -0.1) is 0 Å². The van der Waals surface area contributed by atoms with Gasteiger partial charge >= 0.3 is 0 Å². The van der Waals surface area contributed by atoms with E-state index >= 15 is 0 Å². The average molecular weight is 237 g/mol. The van der Waals surface area contributed by atoms with Gasteiger partial charge in [0.25, 0.3) is 0 Å². The second-order valence-electron chi connectivity index (χ2n) is 4.50. The fraction of sp³-hybridized carbons (Fsp3) is 0.615. The van der Waals surface area contributed by atoms with Crippen LogP contribution in [-0.4, -0.2) is 30.8 Å². The van der Waals surface area contributed by atoms with Gasteiger partial charge in [0.1, 0.15) is 0 Å². The lowest BCUT2D eigenvalue weighted by Crippen LogP contribution is -2.23. The van der Waals surface area contributed by atoms with Crippen LogP contribution in [0.25, 0.3) is 0 Å². The lowest BCUT2D eigenvalue weighted by Gasteiger charge is -2.16. The van der Waals surface area contributed by atoms with E-state index < -0.39 is 0 Å². The first kappa shape index (κ1) is 13.9. The fourth-order valence-electron chi connectivity index (χ4n) is 1.39. The molecule has 17 heavy (non-hydrogen) atoms. The highest BCUT2D eigenvalue weighted by atomic mass is 16.5. The van der Waals surface area contributed by atoms with Gasteiger partial charge in [-0.2, -0.15) is 0 Å². The Labute approximate surface area is 104 Å². The van der Waals surface area contributed by atoms with E-state index in [1.54, 1.807) is 7.11 Å². The van der Waals surface area contributed by atoms with Crippen LogP contribution < -0.4 is 10.6 Å². The molecule has 0 aromatic carbocycles. The van der Waals surface area contributed by atoms with Crippen molar-refractivity contribution < 1.29 is 4.74 Å². The maximum absolute atomic E-state index is 5.21. The monoisotopic (exact) mass is 237 g/mol. The smallest absolute Gasteiger partial charge is 0.0715 e. The minimum atomic E-state index is 0.195. The molecule has 2 N–H and O–H groups in total. The van der Waals surface area contributed by atoms with Crippen molar-refractivity contribution in [3.63, 3.8) is 0 Å². The molecule has 4 heteroatoms.